The summed E-state index contributed by atoms with van der Waals surface area (Å²) >= 11 is 0. The summed E-state index contributed by atoms with van der Waals surface area (Å²) in [5.41, 5.74) is 4.02. The fourth-order valence-electron chi connectivity index (χ4n) is 5.35. The van der Waals surface area contributed by atoms with Crippen LogP contribution < -0.4 is 9.47 Å². The molecule has 0 aliphatic carbocycles. The van der Waals surface area contributed by atoms with Crippen LogP contribution in [0.3, 0.4) is 0 Å². The van der Waals surface area contributed by atoms with Crippen LogP contribution in [0.25, 0.3) is 0 Å². The van der Waals surface area contributed by atoms with Crippen LogP contribution in [0.2, 0.25) is 0 Å². The zero-order chi connectivity index (χ0) is 35.3. The largest absolute Gasteiger partial charge is 0.497 e. The Bertz CT molecular complexity index is 2070. The third-order valence-electron chi connectivity index (χ3n) is 8.28. The van der Waals surface area contributed by atoms with Crippen LogP contribution in [0.15, 0.2) is 94.7 Å². The van der Waals surface area contributed by atoms with Crippen LogP contribution in [0.4, 0.5) is 0 Å². The summed E-state index contributed by atoms with van der Waals surface area (Å²) < 4.78 is 101. The molecule has 0 amide bonds. The summed E-state index contributed by atoms with van der Waals surface area (Å²) in [5.74, 6) is 0.612. The maximum atomic E-state index is 13.2. The summed E-state index contributed by atoms with van der Waals surface area (Å²) in [6.45, 7) is 6.03. The van der Waals surface area contributed by atoms with Crippen molar-refractivity contribution in [2.75, 3.05) is 18.6 Å². The molecule has 4 aromatic carbocycles. The topological polar surface area (TPSA) is 161 Å². The van der Waals surface area contributed by atoms with Crippen molar-refractivity contribution in [3.8, 4) is 17.2 Å². The van der Waals surface area contributed by atoms with Gasteiger partial charge >= 0.3 is 0 Å². The summed E-state index contributed by atoms with van der Waals surface area (Å²) in [4.78, 5) is 0.205. The Morgan fingerprint density at radius 3 is 1.58 bits per heavy atom. The molecule has 48 heavy (non-hydrogen) atoms. The van der Waals surface area contributed by atoms with Crippen molar-refractivity contribution >= 4 is 30.1 Å². The minimum Gasteiger partial charge on any atom is -0.497 e. The lowest BCUT2D eigenvalue weighted by molar-refractivity contribution is 0.414. The van der Waals surface area contributed by atoms with E-state index in [0.717, 1.165) is 22.3 Å². The molecule has 4 rings (SSSR count). The highest BCUT2D eigenvalue weighted by molar-refractivity contribution is 7.91. The Kier molecular flexibility index (Phi) is 11.4. The number of hydrogen-bond acceptors (Lipinski definition) is 8. The summed E-state index contributed by atoms with van der Waals surface area (Å²) in [6.07, 6.45) is 1.17. The molecule has 2 N–H and O–H groups in total. The van der Waals surface area contributed by atoms with E-state index in [4.69, 9.17) is 14.0 Å². The first kappa shape index (κ1) is 37.1. The second-order valence-corrected chi connectivity index (χ2v) is 17.2. The lowest BCUT2D eigenvalue weighted by atomic mass is 9.76. The summed E-state index contributed by atoms with van der Waals surface area (Å²) in [6, 6.07) is 23.7. The Hall–Kier alpha value is -3.75. The van der Waals surface area contributed by atoms with E-state index in [0.29, 0.717) is 29.2 Å². The SMILES string of the molecule is COc1ccc(S(=O)(=O)c2ccc(Oc3ccc(C(C)(C)c4ccc(C)c(CCCS(=O)(=O)O)c4)cc3CCCS(=O)(=O)O)cc2)cc1. The standard InChI is InChI=1S/C35H40O10S3/c1-25-9-10-28(23-26(25)7-5-21-46(36,37)38)35(2,3)29-11-20-34(27(24-29)8-6-22-47(39,40)41)45-31-14-18-33(19-15-31)48(42,43)32-16-12-30(44-4)13-17-32/h9-20,23-24H,5-8,21-22H2,1-4H3,(H,36,37,38)(H,39,40,41). The molecule has 0 aliphatic rings. The van der Waals surface area contributed by atoms with Gasteiger partial charge in [-0.2, -0.15) is 16.8 Å². The first-order valence-electron chi connectivity index (χ1n) is 15.2. The highest BCUT2D eigenvalue weighted by Gasteiger charge is 2.26. The lowest BCUT2D eigenvalue weighted by Crippen LogP contribution is -2.20. The first-order valence-corrected chi connectivity index (χ1v) is 19.9. The molecule has 0 saturated heterocycles. The summed E-state index contributed by atoms with van der Waals surface area (Å²) in [7, 11) is -10.5. The van der Waals surface area contributed by atoms with Crippen molar-refractivity contribution in [2.24, 2.45) is 0 Å². The van der Waals surface area contributed by atoms with E-state index in [9.17, 15) is 29.8 Å². The minimum atomic E-state index is -4.18. The predicted molar refractivity (Wildman–Crippen MR) is 184 cm³/mol. The zero-order valence-corrected chi connectivity index (χ0v) is 29.7. The van der Waals surface area contributed by atoms with Crippen molar-refractivity contribution in [3.05, 3.63) is 113 Å². The second kappa shape index (κ2) is 14.8. The quantitative estimate of drug-likeness (QED) is 0.128. The van der Waals surface area contributed by atoms with Crippen molar-refractivity contribution in [1.82, 2.24) is 0 Å². The van der Waals surface area contributed by atoms with Crippen LogP contribution in [0.5, 0.6) is 17.2 Å². The van der Waals surface area contributed by atoms with Gasteiger partial charge in [-0.15, -0.1) is 0 Å². The molecule has 0 radical (unpaired) electrons. The van der Waals surface area contributed by atoms with Gasteiger partial charge in [-0.05, 0) is 115 Å². The Morgan fingerprint density at radius 1 is 0.625 bits per heavy atom. The second-order valence-electron chi connectivity index (χ2n) is 12.1. The van der Waals surface area contributed by atoms with Gasteiger partial charge < -0.3 is 9.47 Å². The van der Waals surface area contributed by atoms with E-state index >= 15 is 0 Å². The van der Waals surface area contributed by atoms with Crippen LogP contribution in [-0.4, -0.2) is 53.0 Å². The van der Waals surface area contributed by atoms with Gasteiger partial charge in [-0.25, -0.2) is 8.42 Å². The van der Waals surface area contributed by atoms with Gasteiger partial charge in [0.1, 0.15) is 17.2 Å². The molecule has 10 nitrogen and oxygen atoms in total. The van der Waals surface area contributed by atoms with Gasteiger partial charge in [-0.1, -0.05) is 44.2 Å². The highest BCUT2D eigenvalue weighted by atomic mass is 32.2. The molecule has 258 valence electrons. The van der Waals surface area contributed by atoms with Crippen LogP contribution in [0, 0.1) is 6.92 Å². The minimum absolute atomic E-state index is 0.0842. The van der Waals surface area contributed by atoms with Crippen LogP contribution in [-0.2, 0) is 48.3 Å². The predicted octanol–water partition coefficient (Wildman–Crippen LogP) is 6.60. The Morgan fingerprint density at radius 2 is 1.08 bits per heavy atom. The van der Waals surface area contributed by atoms with E-state index in [1.54, 1.807) is 30.3 Å². The van der Waals surface area contributed by atoms with Gasteiger partial charge in [-0.3, -0.25) is 9.11 Å². The van der Waals surface area contributed by atoms with Crippen molar-refractivity contribution in [1.29, 1.82) is 0 Å². The molecule has 0 fully saturated rings. The molecule has 13 heteroatoms. The highest BCUT2D eigenvalue weighted by Crippen LogP contribution is 2.37. The van der Waals surface area contributed by atoms with E-state index < -0.39 is 41.2 Å². The molecule has 0 heterocycles. The molecular formula is C35H40O10S3. The van der Waals surface area contributed by atoms with Crippen LogP contribution in [0.1, 0.15) is 54.5 Å². The smallest absolute Gasteiger partial charge is 0.264 e. The number of sulfone groups is 1. The normalized spacial score (nSPS) is 12.5. The van der Waals surface area contributed by atoms with E-state index in [1.807, 2.05) is 51.1 Å². The maximum Gasteiger partial charge on any atom is 0.264 e. The van der Waals surface area contributed by atoms with Gasteiger partial charge in [0.2, 0.25) is 9.84 Å². The van der Waals surface area contributed by atoms with E-state index in [1.165, 1.54) is 31.4 Å². The van der Waals surface area contributed by atoms with Gasteiger partial charge in [0.15, 0.2) is 0 Å². The van der Waals surface area contributed by atoms with Gasteiger partial charge in [0.05, 0.1) is 28.4 Å². The zero-order valence-electron chi connectivity index (χ0n) is 27.2. The van der Waals surface area contributed by atoms with E-state index in [2.05, 4.69) is 0 Å². The molecule has 0 unspecified atom stereocenters. The molecule has 0 aliphatic heterocycles. The molecule has 0 bridgehead atoms. The molecule has 4 aromatic rings. The number of benzene rings is 4. The number of aryl methyl sites for hydroxylation is 3. The number of hydrogen-bond donors (Lipinski definition) is 2. The monoisotopic (exact) mass is 716 g/mol. The van der Waals surface area contributed by atoms with Crippen molar-refractivity contribution < 1.29 is 43.8 Å². The van der Waals surface area contributed by atoms with E-state index in [-0.39, 0.29) is 34.8 Å². The summed E-state index contributed by atoms with van der Waals surface area (Å²) in [5, 5.41) is 0. The molecule has 0 spiro atoms. The average molecular weight is 717 g/mol. The number of ether oxygens (including phenoxy) is 2. The third-order valence-corrected chi connectivity index (χ3v) is 11.7. The fourth-order valence-corrected chi connectivity index (χ4v) is 7.63. The third kappa shape index (κ3) is 9.66. The van der Waals surface area contributed by atoms with Crippen molar-refractivity contribution in [2.45, 2.75) is 61.7 Å². The van der Waals surface area contributed by atoms with Crippen LogP contribution >= 0.6 is 0 Å². The Balaban J connectivity index is 1.62. The molecule has 0 atom stereocenters. The molecule has 0 saturated carbocycles. The lowest BCUT2D eigenvalue weighted by Gasteiger charge is -2.28. The Labute approximate surface area is 283 Å². The number of rotatable bonds is 15. The number of methoxy groups -OCH3 is 1. The maximum absolute atomic E-state index is 13.2. The fraction of sp³-hybridized carbons (Fsp3) is 0.314. The molecule has 0 aromatic heterocycles. The first-order chi connectivity index (χ1) is 22.4. The van der Waals surface area contributed by atoms with Gasteiger partial charge in [0.25, 0.3) is 20.2 Å². The van der Waals surface area contributed by atoms with Gasteiger partial charge in [0, 0.05) is 5.41 Å². The molecular weight excluding hydrogens is 677 g/mol. The van der Waals surface area contributed by atoms with Crippen molar-refractivity contribution in [3.63, 3.8) is 0 Å². The average Bonchev–Trinajstić information content (AvgIpc) is 3.01.